The first-order valence-corrected chi connectivity index (χ1v) is 6.62. The molecule has 104 valence electrons. The van der Waals surface area contributed by atoms with Crippen LogP contribution in [0.1, 0.15) is 18.9 Å². The van der Waals surface area contributed by atoms with Crippen molar-refractivity contribution in [3.05, 3.63) is 29.8 Å². The number of benzene rings is 1. The van der Waals surface area contributed by atoms with Gasteiger partial charge in [0.2, 0.25) is 5.91 Å². The maximum Gasteiger partial charge on any atom is 0.223 e. The molecule has 1 aliphatic rings. The number of rotatable bonds is 6. The third kappa shape index (κ3) is 3.96. The largest absolute Gasteiger partial charge is 0.493 e. The number of amides is 1. The van der Waals surface area contributed by atoms with Crippen LogP contribution in [-0.4, -0.2) is 32.3 Å². The third-order valence-corrected chi connectivity index (χ3v) is 3.29. The molecule has 0 radical (unpaired) electrons. The summed E-state index contributed by atoms with van der Waals surface area (Å²) in [4.78, 5) is 11.7. The molecule has 0 aliphatic carbocycles. The van der Waals surface area contributed by atoms with E-state index in [2.05, 4.69) is 12.2 Å². The molecule has 4 nitrogen and oxygen atoms in total. The summed E-state index contributed by atoms with van der Waals surface area (Å²) in [5.41, 5.74) is 1.20. The zero-order chi connectivity index (χ0) is 13.7. The summed E-state index contributed by atoms with van der Waals surface area (Å²) < 4.78 is 10.7. The van der Waals surface area contributed by atoms with Crippen molar-refractivity contribution in [2.75, 3.05) is 26.4 Å². The predicted octanol–water partition coefficient (Wildman–Crippen LogP) is 1.92. The van der Waals surface area contributed by atoms with E-state index in [1.165, 1.54) is 0 Å². The topological polar surface area (TPSA) is 47.6 Å². The number of hydrogen-bond donors (Lipinski definition) is 1. The Hall–Kier alpha value is -1.55. The van der Waals surface area contributed by atoms with E-state index in [1.807, 2.05) is 31.2 Å². The van der Waals surface area contributed by atoms with Crippen molar-refractivity contribution in [2.24, 2.45) is 5.41 Å². The first kappa shape index (κ1) is 13.9. The van der Waals surface area contributed by atoms with Gasteiger partial charge in [0.05, 0.1) is 26.2 Å². The Morgan fingerprint density at radius 3 is 2.79 bits per heavy atom. The Morgan fingerprint density at radius 2 is 2.16 bits per heavy atom. The standard InChI is InChI=1S/C15H21NO3/c1-12-5-3-4-6-13(12)19-8-7-14(17)16-9-15(2)10-18-11-15/h3-6H,7-11H2,1-2H3,(H,16,17). The Kier molecular flexibility index (Phi) is 4.43. The van der Waals surface area contributed by atoms with Crippen LogP contribution >= 0.6 is 0 Å². The average molecular weight is 263 g/mol. The lowest BCUT2D eigenvalue weighted by Crippen LogP contribution is -2.48. The minimum Gasteiger partial charge on any atom is -0.493 e. The molecule has 0 atom stereocenters. The van der Waals surface area contributed by atoms with Gasteiger partial charge in [0.15, 0.2) is 0 Å². The SMILES string of the molecule is Cc1ccccc1OCCC(=O)NCC1(C)COC1. The van der Waals surface area contributed by atoms with Gasteiger partial charge >= 0.3 is 0 Å². The van der Waals surface area contributed by atoms with Gasteiger partial charge < -0.3 is 14.8 Å². The van der Waals surface area contributed by atoms with Gasteiger partial charge in [0.1, 0.15) is 5.75 Å². The van der Waals surface area contributed by atoms with E-state index in [9.17, 15) is 4.79 Å². The zero-order valence-electron chi connectivity index (χ0n) is 11.6. The summed E-state index contributed by atoms with van der Waals surface area (Å²) in [6.45, 7) is 6.65. The second-order valence-electron chi connectivity index (χ2n) is 5.44. The van der Waals surface area contributed by atoms with Crippen molar-refractivity contribution in [3.8, 4) is 5.75 Å². The van der Waals surface area contributed by atoms with Crippen molar-refractivity contribution >= 4 is 5.91 Å². The molecule has 0 unspecified atom stereocenters. The molecule has 0 bridgehead atoms. The van der Waals surface area contributed by atoms with Gasteiger partial charge in [-0.25, -0.2) is 0 Å². The van der Waals surface area contributed by atoms with Crippen LogP contribution in [0.5, 0.6) is 5.75 Å². The van der Waals surface area contributed by atoms with E-state index in [4.69, 9.17) is 9.47 Å². The van der Waals surface area contributed by atoms with Crippen molar-refractivity contribution in [2.45, 2.75) is 20.3 Å². The highest BCUT2D eigenvalue weighted by molar-refractivity contribution is 5.76. The fraction of sp³-hybridized carbons (Fsp3) is 0.533. The molecule has 1 saturated heterocycles. The van der Waals surface area contributed by atoms with Gasteiger partial charge in [-0.1, -0.05) is 25.1 Å². The fourth-order valence-electron chi connectivity index (χ4n) is 1.93. The second kappa shape index (κ2) is 6.06. The highest BCUT2D eigenvalue weighted by atomic mass is 16.5. The van der Waals surface area contributed by atoms with Gasteiger partial charge in [-0.15, -0.1) is 0 Å². The van der Waals surface area contributed by atoms with Gasteiger partial charge in [0.25, 0.3) is 0 Å². The maximum absolute atomic E-state index is 11.7. The number of para-hydroxylation sites is 1. The van der Waals surface area contributed by atoms with Crippen LogP contribution in [-0.2, 0) is 9.53 Å². The number of carbonyl (C=O) groups is 1. The molecular weight excluding hydrogens is 242 g/mol. The monoisotopic (exact) mass is 263 g/mol. The molecule has 1 fully saturated rings. The Bertz CT molecular complexity index is 441. The first-order chi connectivity index (χ1) is 9.09. The molecule has 0 spiro atoms. The van der Waals surface area contributed by atoms with Crippen molar-refractivity contribution in [3.63, 3.8) is 0 Å². The van der Waals surface area contributed by atoms with Crippen LogP contribution in [0.4, 0.5) is 0 Å². The van der Waals surface area contributed by atoms with Crippen molar-refractivity contribution < 1.29 is 14.3 Å². The number of ether oxygens (including phenoxy) is 2. The van der Waals surface area contributed by atoms with Crippen LogP contribution in [0.3, 0.4) is 0 Å². The third-order valence-electron chi connectivity index (χ3n) is 3.29. The zero-order valence-corrected chi connectivity index (χ0v) is 11.6. The molecular formula is C15H21NO3. The number of aryl methyl sites for hydroxylation is 1. The fourth-order valence-corrected chi connectivity index (χ4v) is 1.93. The summed E-state index contributed by atoms with van der Waals surface area (Å²) in [6, 6.07) is 7.81. The minimum absolute atomic E-state index is 0.0294. The minimum atomic E-state index is 0.0294. The molecule has 1 heterocycles. The van der Waals surface area contributed by atoms with Crippen LogP contribution in [0.25, 0.3) is 0 Å². The van der Waals surface area contributed by atoms with E-state index >= 15 is 0 Å². The van der Waals surface area contributed by atoms with Gasteiger partial charge in [-0.05, 0) is 18.6 Å². The maximum atomic E-state index is 11.7. The molecule has 1 N–H and O–H groups in total. The van der Waals surface area contributed by atoms with Crippen LogP contribution in [0.2, 0.25) is 0 Å². The van der Waals surface area contributed by atoms with Gasteiger partial charge in [-0.3, -0.25) is 4.79 Å². The van der Waals surface area contributed by atoms with E-state index < -0.39 is 0 Å². The summed E-state index contributed by atoms with van der Waals surface area (Å²) in [6.07, 6.45) is 0.380. The lowest BCUT2D eigenvalue weighted by Gasteiger charge is -2.38. The number of hydrogen-bond acceptors (Lipinski definition) is 3. The molecule has 2 rings (SSSR count). The molecule has 1 aromatic rings. The lowest BCUT2D eigenvalue weighted by molar-refractivity contribution is -0.127. The van der Waals surface area contributed by atoms with Gasteiger partial charge in [0, 0.05) is 12.0 Å². The summed E-state index contributed by atoms with van der Waals surface area (Å²) >= 11 is 0. The van der Waals surface area contributed by atoms with Crippen molar-refractivity contribution in [1.29, 1.82) is 0 Å². The number of carbonyl (C=O) groups excluding carboxylic acids is 1. The highest BCUT2D eigenvalue weighted by Crippen LogP contribution is 2.25. The van der Waals surface area contributed by atoms with Crippen LogP contribution in [0, 0.1) is 12.3 Å². The molecule has 19 heavy (non-hydrogen) atoms. The Balaban J connectivity index is 1.65. The molecule has 4 heteroatoms. The molecule has 1 aromatic carbocycles. The smallest absolute Gasteiger partial charge is 0.223 e. The van der Waals surface area contributed by atoms with Crippen LogP contribution < -0.4 is 10.1 Å². The van der Waals surface area contributed by atoms with E-state index in [-0.39, 0.29) is 11.3 Å². The second-order valence-corrected chi connectivity index (χ2v) is 5.44. The molecule has 1 amide bonds. The normalized spacial score (nSPS) is 16.5. The van der Waals surface area contributed by atoms with Crippen LogP contribution in [0.15, 0.2) is 24.3 Å². The van der Waals surface area contributed by atoms with Crippen molar-refractivity contribution in [1.82, 2.24) is 5.32 Å². The van der Waals surface area contributed by atoms with E-state index in [0.717, 1.165) is 24.5 Å². The summed E-state index contributed by atoms with van der Waals surface area (Å²) in [5.74, 6) is 0.872. The summed E-state index contributed by atoms with van der Waals surface area (Å²) in [5, 5.41) is 2.93. The quantitative estimate of drug-likeness (QED) is 0.853. The summed E-state index contributed by atoms with van der Waals surface area (Å²) in [7, 11) is 0. The highest BCUT2D eigenvalue weighted by Gasteiger charge is 2.33. The Morgan fingerprint density at radius 1 is 1.42 bits per heavy atom. The predicted molar refractivity (Wildman–Crippen MR) is 73.2 cm³/mol. The molecule has 1 aliphatic heterocycles. The van der Waals surface area contributed by atoms with E-state index in [0.29, 0.717) is 19.6 Å². The molecule has 0 saturated carbocycles. The van der Waals surface area contributed by atoms with Gasteiger partial charge in [-0.2, -0.15) is 0 Å². The molecule has 0 aromatic heterocycles. The average Bonchev–Trinajstić information content (AvgIpc) is 2.36. The van der Waals surface area contributed by atoms with E-state index in [1.54, 1.807) is 0 Å². The lowest BCUT2D eigenvalue weighted by atomic mass is 9.89. The Labute approximate surface area is 114 Å². The first-order valence-electron chi connectivity index (χ1n) is 6.62. The number of nitrogens with one attached hydrogen (secondary N) is 1.